The van der Waals surface area contributed by atoms with Gasteiger partial charge in [-0.25, -0.2) is 9.78 Å². The van der Waals surface area contributed by atoms with Gasteiger partial charge in [0.05, 0.1) is 16.8 Å². The minimum atomic E-state index is -0.585. The van der Waals surface area contributed by atoms with Crippen LogP contribution in [0.1, 0.15) is 75.1 Å². The van der Waals surface area contributed by atoms with E-state index in [1.165, 1.54) is 0 Å². The number of fused-ring (bicyclic) bond motifs is 3. The third-order valence-corrected chi connectivity index (χ3v) is 7.55. The van der Waals surface area contributed by atoms with Gasteiger partial charge in [-0.15, -0.1) is 0 Å². The van der Waals surface area contributed by atoms with E-state index in [2.05, 4.69) is 26.8 Å². The van der Waals surface area contributed by atoms with Crippen molar-refractivity contribution in [3.05, 3.63) is 64.8 Å². The van der Waals surface area contributed by atoms with Crippen molar-refractivity contribution in [2.24, 2.45) is 16.7 Å². The molecule has 38 heavy (non-hydrogen) atoms. The zero-order chi connectivity index (χ0) is 27.2. The lowest BCUT2D eigenvalue weighted by Crippen LogP contribution is -2.30. The number of benzene rings is 2. The number of pyridine rings is 1. The second-order valence-electron chi connectivity index (χ2n) is 12.3. The molecular weight excluding hydrogens is 478 g/mol. The molecule has 0 radical (unpaired) electrons. The van der Waals surface area contributed by atoms with E-state index >= 15 is 0 Å². The molecule has 1 aliphatic heterocycles. The van der Waals surface area contributed by atoms with Crippen molar-refractivity contribution in [3.8, 4) is 11.5 Å². The van der Waals surface area contributed by atoms with E-state index in [1.54, 1.807) is 0 Å². The van der Waals surface area contributed by atoms with E-state index in [0.29, 0.717) is 12.0 Å². The minimum Gasteiger partial charge on any atom is -0.454 e. The van der Waals surface area contributed by atoms with Crippen molar-refractivity contribution in [1.29, 1.82) is 0 Å². The molecule has 0 saturated heterocycles. The third-order valence-electron chi connectivity index (χ3n) is 7.55. The number of allylic oxidation sites excluding steroid dienone is 1. The van der Waals surface area contributed by atoms with Crippen molar-refractivity contribution >= 4 is 34.3 Å². The molecule has 0 fully saturated rings. The number of esters is 1. The summed E-state index contributed by atoms with van der Waals surface area (Å²) >= 11 is 0. The van der Waals surface area contributed by atoms with Crippen LogP contribution in [0.3, 0.4) is 0 Å². The highest BCUT2D eigenvalue weighted by Gasteiger charge is 2.36. The summed E-state index contributed by atoms with van der Waals surface area (Å²) in [6, 6.07) is 13.6. The molecule has 2 aliphatic rings. The summed E-state index contributed by atoms with van der Waals surface area (Å²) in [5.41, 5.74) is 4.41. The number of para-hydroxylation sites is 1. The van der Waals surface area contributed by atoms with E-state index in [0.717, 1.165) is 51.2 Å². The molecule has 2 aromatic carbocycles. The van der Waals surface area contributed by atoms with Crippen LogP contribution in [-0.2, 0) is 16.0 Å². The Labute approximate surface area is 224 Å². The molecule has 6 nitrogen and oxygen atoms in total. The fourth-order valence-electron chi connectivity index (χ4n) is 4.99. The number of nitrogens with zero attached hydrogens (tertiary/aromatic N) is 1. The van der Waals surface area contributed by atoms with Crippen molar-refractivity contribution in [2.45, 2.75) is 54.4 Å². The van der Waals surface area contributed by atoms with E-state index in [4.69, 9.17) is 19.2 Å². The Bertz CT molecular complexity index is 1460. The topological polar surface area (TPSA) is 74.7 Å². The van der Waals surface area contributed by atoms with Gasteiger partial charge in [0, 0.05) is 10.8 Å². The number of ketones is 1. The number of ether oxygens (including phenoxy) is 3. The van der Waals surface area contributed by atoms with Gasteiger partial charge >= 0.3 is 5.97 Å². The molecule has 1 aromatic heterocycles. The molecule has 6 heteroatoms. The normalized spacial score (nSPS) is 17.9. The van der Waals surface area contributed by atoms with Crippen molar-refractivity contribution < 1.29 is 23.8 Å². The first-order valence-electron chi connectivity index (χ1n) is 13.1. The van der Waals surface area contributed by atoms with Crippen molar-refractivity contribution in [1.82, 2.24) is 4.98 Å². The second-order valence-corrected chi connectivity index (χ2v) is 12.3. The van der Waals surface area contributed by atoms with Gasteiger partial charge in [-0.05, 0) is 65.1 Å². The first-order chi connectivity index (χ1) is 17.9. The first-order valence-corrected chi connectivity index (χ1v) is 13.1. The van der Waals surface area contributed by atoms with Gasteiger partial charge in [-0.2, -0.15) is 0 Å². The highest BCUT2D eigenvalue weighted by molar-refractivity contribution is 6.07. The summed E-state index contributed by atoms with van der Waals surface area (Å²) < 4.78 is 16.7. The standard InChI is InChI=1S/C32H35NO5/c1-31(2,3)21-15-20(13-19-11-12-25-26(14-19)38-18-37-25)29-23(16-21)28(22-9-7-8-10-24(22)33-29)30(35)36-17-27(34)32(4,5)6/h7-14,21H,15-18H2,1-6H3/b20-13-. The van der Waals surface area contributed by atoms with Gasteiger partial charge in [0.25, 0.3) is 0 Å². The highest BCUT2D eigenvalue weighted by Crippen LogP contribution is 2.45. The fraction of sp³-hybridized carbons (Fsp3) is 0.406. The first kappa shape index (κ1) is 26.0. The molecule has 0 amide bonds. The Kier molecular flexibility index (Phi) is 6.54. The average molecular weight is 514 g/mol. The van der Waals surface area contributed by atoms with E-state index in [9.17, 15) is 9.59 Å². The molecule has 2 heterocycles. The molecule has 1 aliphatic carbocycles. The number of carbonyl (C=O) groups is 2. The van der Waals surface area contributed by atoms with Crippen LogP contribution < -0.4 is 9.47 Å². The van der Waals surface area contributed by atoms with Crippen molar-refractivity contribution in [2.75, 3.05) is 13.4 Å². The number of rotatable bonds is 4. The molecule has 0 N–H and O–H groups in total. The summed E-state index contributed by atoms with van der Waals surface area (Å²) in [5.74, 6) is 1.15. The molecule has 3 aromatic rings. The molecular formula is C32H35NO5. The van der Waals surface area contributed by atoms with Crippen LogP contribution in [0.25, 0.3) is 22.6 Å². The molecule has 1 atom stereocenters. The summed E-state index contributed by atoms with van der Waals surface area (Å²) in [5, 5.41) is 0.747. The van der Waals surface area contributed by atoms with Crippen LogP contribution in [0.2, 0.25) is 0 Å². The van der Waals surface area contributed by atoms with Gasteiger partial charge in [-0.3, -0.25) is 4.79 Å². The predicted molar refractivity (Wildman–Crippen MR) is 148 cm³/mol. The molecule has 198 valence electrons. The number of hydrogen-bond donors (Lipinski definition) is 0. The second kappa shape index (κ2) is 9.57. The molecule has 1 unspecified atom stereocenters. The summed E-state index contributed by atoms with van der Waals surface area (Å²) in [6.07, 6.45) is 3.67. The summed E-state index contributed by atoms with van der Waals surface area (Å²) in [4.78, 5) is 31.3. The number of Topliss-reactive ketones (excluding diaryl/α,β-unsaturated/α-hetero) is 1. The van der Waals surface area contributed by atoms with Crippen LogP contribution in [0.15, 0.2) is 42.5 Å². The zero-order valence-corrected chi connectivity index (χ0v) is 23.0. The SMILES string of the molecule is CC(C)(C)C(=O)COC(=O)c1c2c(nc3ccccc13)/C(=C\c1ccc3c(c1)OCO3)CC(C(C)(C)C)C2. The Hall–Kier alpha value is -3.67. The number of hydrogen-bond acceptors (Lipinski definition) is 6. The quantitative estimate of drug-likeness (QED) is 0.354. The fourth-order valence-corrected chi connectivity index (χ4v) is 4.99. The predicted octanol–water partition coefficient (Wildman–Crippen LogP) is 6.88. The maximum Gasteiger partial charge on any atom is 0.339 e. The lowest BCUT2D eigenvalue weighted by Gasteiger charge is -2.36. The minimum absolute atomic E-state index is 0.000681. The Morgan fingerprint density at radius 1 is 1.00 bits per heavy atom. The van der Waals surface area contributed by atoms with Gasteiger partial charge in [0.1, 0.15) is 0 Å². The number of carbonyl (C=O) groups excluding carboxylic acids is 2. The molecule has 0 bridgehead atoms. The summed E-state index contributed by atoms with van der Waals surface area (Å²) in [7, 11) is 0. The summed E-state index contributed by atoms with van der Waals surface area (Å²) in [6.45, 7) is 12.1. The Morgan fingerprint density at radius 2 is 1.74 bits per heavy atom. The lowest BCUT2D eigenvalue weighted by molar-refractivity contribution is -0.129. The van der Waals surface area contributed by atoms with Gasteiger partial charge in [-0.1, -0.05) is 65.8 Å². The molecule has 0 saturated carbocycles. The van der Waals surface area contributed by atoms with Crippen molar-refractivity contribution in [3.63, 3.8) is 0 Å². The Balaban J connectivity index is 1.65. The maximum absolute atomic E-state index is 13.7. The smallest absolute Gasteiger partial charge is 0.339 e. The van der Waals surface area contributed by atoms with E-state index in [-0.39, 0.29) is 30.5 Å². The zero-order valence-electron chi connectivity index (χ0n) is 23.0. The monoisotopic (exact) mass is 513 g/mol. The van der Waals surface area contributed by atoms with Crippen LogP contribution in [0, 0.1) is 16.7 Å². The maximum atomic E-state index is 13.7. The highest BCUT2D eigenvalue weighted by atomic mass is 16.7. The lowest BCUT2D eigenvalue weighted by atomic mass is 9.69. The van der Waals surface area contributed by atoms with E-state index in [1.807, 2.05) is 63.2 Å². The van der Waals surface area contributed by atoms with Gasteiger partial charge in [0.2, 0.25) is 6.79 Å². The van der Waals surface area contributed by atoms with Crippen LogP contribution in [0.4, 0.5) is 0 Å². The van der Waals surface area contributed by atoms with Crippen LogP contribution in [0.5, 0.6) is 11.5 Å². The van der Waals surface area contributed by atoms with Crippen LogP contribution in [-0.4, -0.2) is 30.1 Å². The number of aromatic nitrogens is 1. The van der Waals surface area contributed by atoms with E-state index < -0.39 is 11.4 Å². The van der Waals surface area contributed by atoms with Crippen LogP contribution >= 0.6 is 0 Å². The third kappa shape index (κ3) is 5.04. The molecule has 5 rings (SSSR count). The average Bonchev–Trinajstić information content (AvgIpc) is 3.32. The van der Waals surface area contributed by atoms with Gasteiger partial charge < -0.3 is 14.2 Å². The van der Waals surface area contributed by atoms with Gasteiger partial charge in [0.15, 0.2) is 23.9 Å². The largest absolute Gasteiger partial charge is 0.454 e. The molecule has 0 spiro atoms. The Morgan fingerprint density at radius 3 is 2.47 bits per heavy atom.